The normalized spacial score (nSPS) is 18.6. The number of pyridine rings is 1. The number of nitrogens with zero attached hydrogens (tertiary/aromatic N) is 3. The van der Waals surface area contributed by atoms with Gasteiger partial charge in [-0.2, -0.15) is 4.98 Å². The van der Waals surface area contributed by atoms with Gasteiger partial charge in [-0.1, -0.05) is 23.5 Å². The van der Waals surface area contributed by atoms with Crippen LogP contribution in [0.5, 0.6) is 10.9 Å². The summed E-state index contributed by atoms with van der Waals surface area (Å²) in [5, 5.41) is 10.2. The van der Waals surface area contributed by atoms with Crippen molar-refractivity contribution in [2.24, 2.45) is 0 Å². The van der Waals surface area contributed by atoms with Crippen molar-refractivity contribution in [2.75, 3.05) is 13.1 Å². The molecule has 1 aliphatic rings. The molecule has 0 spiro atoms. The van der Waals surface area contributed by atoms with E-state index in [1.807, 2.05) is 24.3 Å². The molecule has 23 heavy (non-hydrogen) atoms. The lowest BCUT2D eigenvalue weighted by molar-refractivity contribution is 0.175. The van der Waals surface area contributed by atoms with Gasteiger partial charge in [0.1, 0.15) is 5.75 Å². The minimum absolute atomic E-state index is 0.176. The highest BCUT2D eigenvalue weighted by Gasteiger charge is 2.19. The molecule has 0 aliphatic carbocycles. The third-order valence-corrected chi connectivity index (χ3v) is 4.82. The molecule has 1 N–H and O–H groups in total. The highest BCUT2D eigenvalue weighted by Crippen LogP contribution is 2.30. The minimum atomic E-state index is -0.176. The van der Waals surface area contributed by atoms with Crippen LogP contribution in [0.15, 0.2) is 42.6 Å². The molecule has 1 aromatic carbocycles. The second kappa shape index (κ2) is 6.23. The van der Waals surface area contributed by atoms with Gasteiger partial charge in [-0.3, -0.25) is 4.90 Å². The second-order valence-electron chi connectivity index (χ2n) is 5.73. The summed E-state index contributed by atoms with van der Waals surface area (Å²) in [4.78, 5) is 10.8. The number of hydrogen-bond acceptors (Lipinski definition) is 6. The molecule has 1 unspecified atom stereocenters. The number of β-amino-alcohol motifs (C(OH)–C–C–N with tert-alkyl or cyclic N) is 1. The minimum Gasteiger partial charge on any atom is -0.431 e. The Kier molecular flexibility index (Phi) is 3.95. The lowest BCUT2D eigenvalue weighted by atomic mass is 10.2. The predicted octanol–water partition coefficient (Wildman–Crippen LogP) is 3.05. The van der Waals surface area contributed by atoms with Crippen LogP contribution in [-0.2, 0) is 6.54 Å². The molecule has 0 saturated carbocycles. The molecule has 3 heterocycles. The third-order valence-electron chi connectivity index (χ3n) is 3.93. The van der Waals surface area contributed by atoms with E-state index in [1.165, 1.54) is 16.9 Å². The van der Waals surface area contributed by atoms with Crippen molar-refractivity contribution >= 4 is 21.7 Å². The number of ether oxygens (including phenoxy) is 1. The molecule has 1 aliphatic heterocycles. The van der Waals surface area contributed by atoms with Crippen LogP contribution in [0.1, 0.15) is 12.0 Å². The van der Waals surface area contributed by atoms with Gasteiger partial charge in [0.05, 0.1) is 10.8 Å². The Hall–Kier alpha value is -2.02. The summed E-state index contributed by atoms with van der Waals surface area (Å²) in [6.07, 6.45) is 2.42. The van der Waals surface area contributed by atoms with Crippen LogP contribution >= 0.6 is 11.3 Å². The molecule has 0 bridgehead atoms. The van der Waals surface area contributed by atoms with Crippen molar-refractivity contribution < 1.29 is 9.84 Å². The lowest BCUT2D eigenvalue weighted by Gasteiger charge is -2.14. The smallest absolute Gasteiger partial charge is 0.281 e. The van der Waals surface area contributed by atoms with E-state index in [0.717, 1.165) is 42.2 Å². The Bertz CT molecular complexity index is 770. The largest absolute Gasteiger partial charge is 0.431 e. The maximum Gasteiger partial charge on any atom is 0.281 e. The summed E-state index contributed by atoms with van der Waals surface area (Å²) in [5.41, 5.74) is 1.94. The van der Waals surface area contributed by atoms with E-state index in [1.54, 1.807) is 6.20 Å². The molecule has 118 valence electrons. The molecule has 4 rings (SSSR count). The van der Waals surface area contributed by atoms with Crippen LogP contribution in [0, 0.1) is 0 Å². The van der Waals surface area contributed by atoms with Gasteiger partial charge < -0.3 is 9.84 Å². The fourth-order valence-corrected chi connectivity index (χ4v) is 3.56. The van der Waals surface area contributed by atoms with Crippen LogP contribution in [0.25, 0.3) is 10.3 Å². The fraction of sp³-hybridized carbons (Fsp3) is 0.294. The van der Waals surface area contributed by atoms with Crippen molar-refractivity contribution in [1.82, 2.24) is 14.9 Å². The van der Waals surface area contributed by atoms with Crippen molar-refractivity contribution in [3.63, 3.8) is 0 Å². The number of hydrogen-bond donors (Lipinski definition) is 1. The van der Waals surface area contributed by atoms with E-state index < -0.39 is 0 Å². The average Bonchev–Trinajstić information content (AvgIpc) is 3.14. The van der Waals surface area contributed by atoms with Crippen LogP contribution < -0.4 is 4.74 Å². The Morgan fingerprint density at radius 2 is 2.13 bits per heavy atom. The third kappa shape index (κ3) is 3.34. The standard InChI is InChI=1S/C17H17N3O2S/c21-13-7-9-20(11-13)10-12-3-5-14(6-4-12)22-17-19-16-15(23-17)2-1-8-18-16/h1-6,8,13,21H,7,9-11H2. The first-order valence-corrected chi connectivity index (χ1v) is 8.47. The molecule has 1 fully saturated rings. The van der Waals surface area contributed by atoms with Gasteiger partial charge in [-0.05, 0) is 36.2 Å². The predicted molar refractivity (Wildman–Crippen MR) is 89.8 cm³/mol. The maximum absolute atomic E-state index is 9.57. The quantitative estimate of drug-likeness (QED) is 0.798. The average molecular weight is 327 g/mol. The second-order valence-corrected chi connectivity index (χ2v) is 6.72. The van der Waals surface area contributed by atoms with Gasteiger partial charge in [-0.25, -0.2) is 4.98 Å². The van der Waals surface area contributed by atoms with E-state index in [-0.39, 0.29) is 6.10 Å². The van der Waals surface area contributed by atoms with Gasteiger partial charge in [0, 0.05) is 25.8 Å². The zero-order valence-corrected chi connectivity index (χ0v) is 13.4. The van der Waals surface area contributed by atoms with Crippen LogP contribution in [0.2, 0.25) is 0 Å². The summed E-state index contributed by atoms with van der Waals surface area (Å²) in [7, 11) is 0. The van der Waals surface area contributed by atoms with Gasteiger partial charge in [0.2, 0.25) is 0 Å². The molecule has 1 saturated heterocycles. The zero-order chi connectivity index (χ0) is 15.6. The summed E-state index contributed by atoms with van der Waals surface area (Å²) >= 11 is 1.49. The van der Waals surface area contributed by atoms with E-state index in [0.29, 0.717) is 5.19 Å². The summed E-state index contributed by atoms with van der Waals surface area (Å²) in [6.45, 7) is 2.58. The number of likely N-dealkylation sites (tertiary alicyclic amines) is 1. The fourth-order valence-electron chi connectivity index (χ4n) is 2.77. The SMILES string of the molecule is OC1CCN(Cc2ccc(Oc3nc4ncccc4s3)cc2)C1. The van der Waals surface area contributed by atoms with E-state index in [4.69, 9.17) is 4.74 Å². The molecular weight excluding hydrogens is 310 g/mol. The number of aromatic nitrogens is 2. The van der Waals surface area contributed by atoms with Crippen LogP contribution in [-0.4, -0.2) is 39.2 Å². The molecule has 5 nitrogen and oxygen atoms in total. The van der Waals surface area contributed by atoms with Crippen molar-refractivity contribution in [3.05, 3.63) is 48.2 Å². The number of rotatable bonds is 4. The van der Waals surface area contributed by atoms with Crippen LogP contribution in [0.3, 0.4) is 0 Å². The van der Waals surface area contributed by atoms with E-state index >= 15 is 0 Å². The summed E-state index contributed by atoms with van der Waals surface area (Å²) in [6, 6.07) is 11.9. The summed E-state index contributed by atoms with van der Waals surface area (Å²) in [5.74, 6) is 0.772. The highest BCUT2D eigenvalue weighted by atomic mass is 32.1. The Labute approximate surface area is 138 Å². The van der Waals surface area contributed by atoms with Crippen LogP contribution in [0.4, 0.5) is 0 Å². The zero-order valence-electron chi connectivity index (χ0n) is 12.6. The molecule has 3 aromatic rings. The number of fused-ring (bicyclic) bond motifs is 1. The molecule has 0 radical (unpaired) electrons. The van der Waals surface area contributed by atoms with E-state index in [2.05, 4.69) is 27.0 Å². The van der Waals surface area contributed by atoms with Crippen molar-refractivity contribution in [1.29, 1.82) is 0 Å². The molecular formula is C17H17N3O2S. The first-order chi connectivity index (χ1) is 11.3. The maximum atomic E-state index is 9.57. The summed E-state index contributed by atoms with van der Waals surface area (Å²) < 4.78 is 6.84. The number of aliphatic hydroxyl groups excluding tert-OH is 1. The molecule has 6 heteroatoms. The van der Waals surface area contributed by atoms with Gasteiger partial charge >= 0.3 is 0 Å². The van der Waals surface area contributed by atoms with Crippen molar-refractivity contribution in [3.8, 4) is 10.9 Å². The van der Waals surface area contributed by atoms with Gasteiger partial charge in [0.15, 0.2) is 5.65 Å². The van der Waals surface area contributed by atoms with E-state index in [9.17, 15) is 5.11 Å². The Morgan fingerprint density at radius 3 is 2.87 bits per heavy atom. The number of thiazole rings is 1. The van der Waals surface area contributed by atoms with Crippen molar-refractivity contribution in [2.45, 2.75) is 19.1 Å². The van der Waals surface area contributed by atoms with Gasteiger partial charge in [-0.15, -0.1) is 0 Å². The first kappa shape index (κ1) is 14.6. The lowest BCUT2D eigenvalue weighted by Crippen LogP contribution is -2.21. The van der Waals surface area contributed by atoms with Gasteiger partial charge in [0.25, 0.3) is 5.19 Å². The topological polar surface area (TPSA) is 58.5 Å². The Balaban J connectivity index is 1.43. The highest BCUT2D eigenvalue weighted by molar-refractivity contribution is 7.20. The number of aliphatic hydroxyl groups is 1. The Morgan fingerprint density at radius 1 is 1.26 bits per heavy atom. The first-order valence-electron chi connectivity index (χ1n) is 7.65. The molecule has 2 aromatic heterocycles. The molecule has 1 atom stereocenters. The number of benzene rings is 1. The monoisotopic (exact) mass is 327 g/mol. The molecule has 0 amide bonds.